The van der Waals surface area contributed by atoms with Crippen LogP contribution in [0.15, 0.2) is 0 Å². The number of amides is 1. The number of carbonyl (C=O) groups is 1. The van der Waals surface area contributed by atoms with Crippen LogP contribution in [-0.4, -0.2) is 43.2 Å². The van der Waals surface area contributed by atoms with Crippen molar-refractivity contribution in [1.82, 2.24) is 5.32 Å². The Morgan fingerprint density at radius 2 is 2.18 bits per heavy atom. The number of nitrogens with one attached hydrogen (secondary N) is 1. The first-order valence-corrected chi connectivity index (χ1v) is 7.43. The highest BCUT2D eigenvalue weighted by molar-refractivity contribution is 8.00. The molecule has 1 saturated carbocycles. The predicted molar refractivity (Wildman–Crippen MR) is 72.2 cm³/mol. The van der Waals surface area contributed by atoms with Crippen molar-refractivity contribution in [2.45, 2.75) is 42.9 Å². The topological polar surface area (TPSA) is 64.3 Å². The van der Waals surface area contributed by atoms with Crippen molar-refractivity contribution in [3.63, 3.8) is 0 Å². The van der Waals surface area contributed by atoms with E-state index < -0.39 is 6.04 Å². The Balaban J connectivity index is 2.31. The van der Waals surface area contributed by atoms with Gasteiger partial charge in [0.15, 0.2) is 0 Å². The molecule has 0 spiro atoms. The largest absolute Gasteiger partial charge is 0.385 e. The van der Waals surface area contributed by atoms with Crippen LogP contribution in [-0.2, 0) is 9.53 Å². The van der Waals surface area contributed by atoms with Gasteiger partial charge in [0, 0.05) is 25.0 Å². The van der Waals surface area contributed by atoms with Gasteiger partial charge in [-0.15, -0.1) is 0 Å². The lowest BCUT2D eigenvalue weighted by Gasteiger charge is -2.27. The molecule has 0 bridgehead atoms. The molecule has 1 atom stereocenters. The summed E-state index contributed by atoms with van der Waals surface area (Å²) in [6.45, 7) is 1.27. The van der Waals surface area contributed by atoms with Gasteiger partial charge in [0.1, 0.15) is 0 Å². The molecule has 1 amide bonds. The van der Waals surface area contributed by atoms with Crippen molar-refractivity contribution in [1.29, 1.82) is 0 Å². The Morgan fingerprint density at radius 3 is 2.71 bits per heavy atom. The van der Waals surface area contributed by atoms with Gasteiger partial charge in [-0.3, -0.25) is 4.79 Å². The van der Waals surface area contributed by atoms with Crippen molar-refractivity contribution in [3.05, 3.63) is 0 Å². The second kappa shape index (κ2) is 7.24. The summed E-state index contributed by atoms with van der Waals surface area (Å²) in [5, 5.41) is 2.98. The van der Waals surface area contributed by atoms with Gasteiger partial charge in [-0.2, -0.15) is 11.8 Å². The summed E-state index contributed by atoms with van der Waals surface area (Å²) in [6, 6.07) is -0.449. The van der Waals surface area contributed by atoms with Crippen LogP contribution in [0.25, 0.3) is 0 Å². The van der Waals surface area contributed by atoms with Crippen molar-refractivity contribution in [2.75, 3.05) is 26.5 Å². The number of methoxy groups -OCH3 is 1. The summed E-state index contributed by atoms with van der Waals surface area (Å²) in [7, 11) is 1.62. The van der Waals surface area contributed by atoms with Crippen molar-refractivity contribution < 1.29 is 9.53 Å². The highest BCUT2D eigenvalue weighted by Crippen LogP contribution is 2.39. The first-order valence-electron chi connectivity index (χ1n) is 6.21. The van der Waals surface area contributed by atoms with E-state index in [0.29, 0.717) is 13.0 Å². The van der Waals surface area contributed by atoms with Crippen LogP contribution >= 0.6 is 11.8 Å². The molecule has 4 nitrogen and oxygen atoms in total. The van der Waals surface area contributed by atoms with Gasteiger partial charge in [-0.05, 0) is 25.5 Å². The van der Waals surface area contributed by atoms with Crippen molar-refractivity contribution >= 4 is 17.7 Å². The maximum absolute atomic E-state index is 11.8. The molecule has 0 aliphatic heterocycles. The third-order valence-electron chi connectivity index (χ3n) is 3.50. The van der Waals surface area contributed by atoms with E-state index in [0.717, 1.165) is 6.54 Å². The second-order valence-electron chi connectivity index (χ2n) is 4.70. The number of thioether (sulfide) groups is 1. The summed E-state index contributed by atoms with van der Waals surface area (Å²) < 4.78 is 5.16. The Kier molecular flexibility index (Phi) is 6.30. The highest BCUT2D eigenvalue weighted by Gasteiger charge is 2.33. The molecule has 0 heterocycles. The van der Waals surface area contributed by atoms with Gasteiger partial charge < -0.3 is 15.8 Å². The first kappa shape index (κ1) is 14.8. The van der Waals surface area contributed by atoms with E-state index in [1.807, 2.05) is 11.8 Å². The van der Waals surface area contributed by atoms with Crippen LogP contribution in [0.4, 0.5) is 0 Å². The molecule has 100 valence electrons. The minimum absolute atomic E-state index is 0.0534. The molecule has 1 unspecified atom stereocenters. The molecule has 5 heteroatoms. The second-order valence-corrected chi connectivity index (χ2v) is 5.97. The fraction of sp³-hybridized carbons (Fsp3) is 0.917. The lowest BCUT2D eigenvalue weighted by molar-refractivity contribution is -0.122. The average molecular weight is 260 g/mol. The summed E-state index contributed by atoms with van der Waals surface area (Å²) >= 11 is 1.87. The SMILES string of the molecule is COCCC(N)C(=O)NCC1(SC)CCCC1. The molecule has 0 radical (unpaired) electrons. The lowest BCUT2D eigenvalue weighted by atomic mass is 10.1. The van der Waals surface area contributed by atoms with Crippen LogP contribution in [0.1, 0.15) is 32.1 Å². The zero-order valence-electron chi connectivity index (χ0n) is 10.8. The van der Waals surface area contributed by atoms with E-state index >= 15 is 0 Å². The number of hydrogen-bond acceptors (Lipinski definition) is 4. The Morgan fingerprint density at radius 1 is 1.53 bits per heavy atom. The normalized spacial score (nSPS) is 20.2. The number of nitrogens with two attached hydrogens (primary N) is 1. The molecule has 0 aromatic heterocycles. The number of ether oxygens (including phenoxy) is 1. The Labute approximate surface area is 108 Å². The van der Waals surface area contributed by atoms with Gasteiger partial charge in [0.25, 0.3) is 0 Å². The molecule has 3 N–H and O–H groups in total. The van der Waals surface area contributed by atoms with Crippen LogP contribution < -0.4 is 11.1 Å². The summed E-state index contributed by atoms with van der Waals surface area (Å²) in [5.41, 5.74) is 5.77. The quantitative estimate of drug-likeness (QED) is 0.720. The average Bonchev–Trinajstić information content (AvgIpc) is 2.82. The molecule has 1 aliphatic carbocycles. The van der Waals surface area contributed by atoms with Crippen LogP contribution in [0, 0.1) is 0 Å². The van der Waals surface area contributed by atoms with Gasteiger partial charge in [0.05, 0.1) is 6.04 Å². The summed E-state index contributed by atoms with van der Waals surface area (Å²) in [5.74, 6) is -0.0534. The van der Waals surface area contributed by atoms with Gasteiger partial charge in [0.2, 0.25) is 5.91 Å². The van der Waals surface area contributed by atoms with Crippen LogP contribution in [0.3, 0.4) is 0 Å². The molecule has 1 fully saturated rings. The maximum atomic E-state index is 11.8. The molecule has 0 aromatic carbocycles. The fourth-order valence-electron chi connectivity index (χ4n) is 2.23. The van der Waals surface area contributed by atoms with E-state index in [1.54, 1.807) is 7.11 Å². The zero-order chi connectivity index (χ0) is 12.7. The van der Waals surface area contributed by atoms with Gasteiger partial charge in [-0.1, -0.05) is 12.8 Å². The Hall–Kier alpha value is -0.260. The van der Waals surface area contributed by atoms with Crippen LogP contribution in [0.2, 0.25) is 0 Å². The fourth-order valence-corrected chi connectivity index (χ4v) is 3.14. The third kappa shape index (κ3) is 4.48. The monoisotopic (exact) mass is 260 g/mol. The standard InChI is InChI=1S/C12H24N2O2S/c1-16-8-5-10(13)11(15)14-9-12(17-2)6-3-4-7-12/h10H,3-9,13H2,1-2H3,(H,14,15). The lowest BCUT2D eigenvalue weighted by Crippen LogP contribution is -2.46. The van der Waals surface area contributed by atoms with E-state index in [9.17, 15) is 4.79 Å². The molecular formula is C12H24N2O2S. The number of carbonyl (C=O) groups excluding carboxylic acids is 1. The van der Waals surface area contributed by atoms with Crippen molar-refractivity contribution in [2.24, 2.45) is 5.73 Å². The van der Waals surface area contributed by atoms with E-state index in [-0.39, 0.29) is 10.7 Å². The Bertz CT molecular complexity index is 243. The molecular weight excluding hydrogens is 236 g/mol. The van der Waals surface area contributed by atoms with E-state index in [4.69, 9.17) is 10.5 Å². The minimum atomic E-state index is -0.449. The predicted octanol–water partition coefficient (Wildman–Crippen LogP) is 1.14. The van der Waals surface area contributed by atoms with Crippen molar-refractivity contribution in [3.8, 4) is 0 Å². The smallest absolute Gasteiger partial charge is 0.237 e. The first-order chi connectivity index (χ1) is 8.13. The molecule has 0 saturated heterocycles. The van der Waals surface area contributed by atoms with Gasteiger partial charge >= 0.3 is 0 Å². The molecule has 17 heavy (non-hydrogen) atoms. The zero-order valence-corrected chi connectivity index (χ0v) is 11.6. The molecule has 1 rings (SSSR count). The summed E-state index contributed by atoms with van der Waals surface area (Å²) in [4.78, 5) is 11.8. The third-order valence-corrected chi connectivity index (χ3v) is 4.92. The summed E-state index contributed by atoms with van der Waals surface area (Å²) in [6.07, 6.45) is 7.64. The number of rotatable bonds is 7. The van der Waals surface area contributed by atoms with Gasteiger partial charge in [-0.25, -0.2) is 0 Å². The minimum Gasteiger partial charge on any atom is -0.385 e. The van der Waals surface area contributed by atoms with E-state index in [2.05, 4.69) is 11.6 Å². The van der Waals surface area contributed by atoms with Crippen LogP contribution in [0.5, 0.6) is 0 Å². The molecule has 0 aromatic rings. The molecule has 1 aliphatic rings. The number of hydrogen-bond donors (Lipinski definition) is 2. The van der Waals surface area contributed by atoms with E-state index in [1.165, 1.54) is 25.7 Å². The highest BCUT2D eigenvalue weighted by atomic mass is 32.2. The maximum Gasteiger partial charge on any atom is 0.237 e.